The van der Waals surface area contributed by atoms with Gasteiger partial charge in [0.05, 0.1) is 12.9 Å². The van der Waals surface area contributed by atoms with Crippen molar-refractivity contribution in [3.8, 4) is 0 Å². The summed E-state index contributed by atoms with van der Waals surface area (Å²) in [5.41, 5.74) is 3.82. The van der Waals surface area contributed by atoms with Gasteiger partial charge in [0, 0.05) is 6.54 Å². The molecule has 7 heteroatoms. The van der Waals surface area contributed by atoms with Crippen molar-refractivity contribution in [3.05, 3.63) is 60.2 Å². The van der Waals surface area contributed by atoms with Crippen LogP contribution in [-0.2, 0) is 11.3 Å². The zero-order valence-corrected chi connectivity index (χ0v) is 13.8. The van der Waals surface area contributed by atoms with Gasteiger partial charge in [-0.25, -0.2) is 15.0 Å². The van der Waals surface area contributed by atoms with Gasteiger partial charge >= 0.3 is 0 Å². The van der Waals surface area contributed by atoms with Gasteiger partial charge in [0.1, 0.15) is 12.4 Å². The third-order valence-electron chi connectivity index (χ3n) is 4.33. The molecule has 1 aromatic carbocycles. The molecule has 3 aromatic rings. The number of aliphatic hydroxyl groups is 1. The highest BCUT2D eigenvalue weighted by molar-refractivity contribution is 5.82. The first kappa shape index (κ1) is 15.7. The molecule has 0 amide bonds. The first-order chi connectivity index (χ1) is 12.3. The normalized spacial score (nSPS) is 19.6. The molecule has 4 rings (SSSR count). The lowest BCUT2D eigenvalue weighted by Crippen LogP contribution is -2.15. The van der Waals surface area contributed by atoms with E-state index in [0.717, 1.165) is 0 Å². The monoisotopic (exact) mass is 337 g/mol. The van der Waals surface area contributed by atoms with Gasteiger partial charge < -0.3 is 15.2 Å². The molecule has 3 heterocycles. The van der Waals surface area contributed by atoms with Crippen LogP contribution in [0.15, 0.2) is 49.1 Å². The Morgan fingerprint density at radius 3 is 2.88 bits per heavy atom. The molecule has 0 fully saturated rings. The van der Waals surface area contributed by atoms with Crippen LogP contribution < -0.4 is 5.32 Å². The SMILES string of the molecule is Cc1ccccc1CNc1ncnc2c1ncn2[C@H]1C=C[C@@H](CO)O1. The molecule has 1 aliphatic rings. The maximum absolute atomic E-state index is 9.20. The van der Waals surface area contributed by atoms with E-state index in [4.69, 9.17) is 4.74 Å². The topological polar surface area (TPSA) is 85.1 Å². The van der Waals surface area contributed by atoms with Gasteiger partial charge in [0.15, 0.2) is 23.2 Å². The van der Waals surface area contributed by atoms with Crippen molar-refractivity contribution in [2.75, 3.05) is 11.9 Å². The second-order valence-corrected chi connectivity index (χ2v) is 5.96. The molecule has 0 aliphatic carbocycles. The predicted molar refractivity (Wildman–Crippen MR) is 94.0 cm³/mol. The Labute approximate surface area is 145 Å². The summed E-state index contributed by atoms with van der Waals surface area (Å²) in [5.74, 6) is 0.688. The van der Waals surface area contributed by atoms with Crippen LogP contribution in [0, 0.1) is 6.92 Å². The summed E-state index contributed by atoms with van der Waals surface area (Å²) < 4.78 is 7.56. The van der Waals surface area contributed by atoms with E-state index in [2.05, 4.69) is 39.3 Å². The molecule has 0 spiro atoms. The average Bonchev–Trinajstić information content (AvgIpc) is 3.27. The molecule has 1 aliphatic heterocycles. The van der Waals surface area contributed by atoms with E-state index in [1.54, 1.807) is 6.33 Å². The third kappa shape index (κ3) is 2.99. The Kier molecular flexibility index (Phi) is 4.17. The number of nitrogens with zero attached hydrogens (tertiary/aromatic N) is 4. The fraction of sp³-hybridized carbons (Fsp3) is 0.278. The minimum absolute atomic E-state index is 0.0438. The second-order valence-electron chi connectivity index (χ2n) is 5.96. The summed E-state index contributed by atoms with van der Waals surface area (Å²) in [4.78, 5) is 13.1. The van der Waals surface area contributed by atoms with Crippen molar-refractivity contribution in [3.63, 3.8) is 0 Å². The Bertz CT molecular complexity index is 921. The van der Waals surface area contributed by atoms with Crippen LogP contribution in [0.25, 0.3) is 11.2 Å². The Morgan fingerprint density at radius 1 is 1.20 bits per heavy atom. The van der Waals surface area contributed by atoms with E-state index < -0.39 is 0 Å². The molecular weight excluding hydrogens is 318 g/mol. The van der Waals surface area contributed by atoms with Crippen molar-refractivity contribution in [2.45, 2.75) is 25.8 Å². The quantitative estimate of drug-likeness (QED) is 0.694. The third-order valence-corrected chi connectivity index (χ3v) is 4.33. The van der Waals surface area contributed by atoms with E-state index in [1.165, 1.54) is 17.5 Å². The first-order valence-corrected chi connectivity index (χ1v) is 8.17. The van der Waals surface area contributed by atoms with Crippen molar-refractivity contribution in [2.24, 2.45) is 0 Å². The molecule has 0 radical (unpaired) electrons. The number of anilines is 1. The Hall–Kier alpha value is -2.77. The van der Waals surface area contributed by atoms with Crippen molar-refractivity contribution < 1.29 is 9.84 Å². The number of aliphatic hydroxyl groups excluding tert-OH is 1. The number of imidazole rings is 1. The van der Waals surface area contributed by atoms with Crippen LogP contribution in [-0.4, -0.2) is 37.3 Å². The molecule has 0 saturated heterocycles. The maximum Gasteiger partial charge on any atom is 0.167 e. The molecule has 0 bridgehead atoms. The average molecular weight is 337 g/mol. The van der Waals surface area contributed by atoms with Crippen LogP contribution in [0.2, 0.25) is 0 Å². The van der Waals surface area contributed by atoms with Crippen molar-refractivity contribution in [1.29, 1.82) is 0 Å². The molecule has 128 valence electrons. The zero-order valence-electron chi connectivity index (χ0n) is 13.8. The van der Waals surface area contributed by atoms with Crippen LogP contribution >= 0.6 is 0 Å². The molecule has 2 atom stereocenters. The van der Waals surface area contributed by atoms with Crippen LogP contribution in [0.5, 0.6) is 0 Å². The highest BCUT2D eigenvalue weighted by atomic mass is 16.5. The van der Waals surface area contributed by atoms with Gasteiger partial charge in [0.25, 0.3) is 0 Å². The van der Waals surface area contributed by atoms with Gasteiger partial charge in [-0.2, -0.15) is 0 Å². The van der Waals surface area contributed by atoms with Gasteiger partial charge in [0.2, 0.25) is 0 Å². The molecule has 0 unspecified atom stereocenters. The molecular formula is C18H19N5O2. The van der Waals surface area contributed by atoms with Crippen LogP contribution in [0.1, 0.15) is 17.4 Å². The van der Waals surface area contributed by atoms with E-state index >= 15 is 0 Å². The van der Waals surface area contributed by atoms with Gasteiger partial charge in [-0.1, -0.05) is 30.3 Å². The lowest BCUT2D eigenvalue weighted by atomic mass is 10.1. The van der Waals surface area contributed by atoms with Crippen LogP contribution in [0.3, 0.4) is 0 Å². The Balaban J connectivity index is 1.59. The summed E-state index contributed by atoms with van der Waals surface area (Å²) in [5, 5.41) is 12.5. The molecule has 2 aromatic heterocycles. The highest BCUT2D eigenvalue weighted by Crippen LogP contribution is 2.26. The smallest absolute Gasteiger partial charge is 0.167 e. The number of hydrogen-bond acceptors (Lipinski definition) is 6. The van der Waals surface area contributed by atoms with Gasteiger partial charge in [-0.3, -0.25) is 4.57 Å². The van der Waals surface area contributed by atoms with E-state index in [9.17, 15) is 5.11 Å². The highest BCUT2D eigenvalue weighted by Gasteiger charge is 2.22. The summed E-state index contributed by atoms with van der Waals surface area (Å²) in [7, 11) is 0. The van der Waals surface area contributed by atoms with E-state index in [0.29, 0.717) is 23.5 Å². The molecule has 0 saturated carbocycles. The summed E-state index contributed by atoms with van der Waals surface area (Å²) in [6, 6.07) is 8.22. The summed E-state index contributed by atoms with van der Waals surface area (Å²) >= 11 is 0. The van der Waals surface area contributed by atoms with E-state index in [1.807, 2.05) is 28.9 Å². The molecule has 2 N–H and O–H groups in total. The zero-order chi connectivity index (χ0) is 17.2. The van der Waals surface area contributed by atoms with E-state index in [-0.39, 0.29) is 18.9 Å². The van der Waals surface area contributed by atoms with Gasteiger partial charge in [-0.05, 0) is 24.1 Å². The largest absolute Gasteiger partial charge is 0.393 e. The van der Waals surface area contributed by atoms with Crippen LogP contribution in [0.4, 0.5) is 5.82 Å². The molecule has 7 nitrogen and oxygen atoms in total. The summed E-state index contributed by atoms with van der Waals surface area (Å²) in [6.45, 7) is 2.71. The fourth-order valence-corrected chi connectivity index (χ4v) is 2.91. The summed E-state index contributed by atoms with van der Waals surface area (Å²) in [6.07, 6.45) is 6.33. The lowest BCUT2D eigenvalue weighted by Gasteiger charge is -2.14. The fourth-order valence-electron chi connectivity index (χ4n) is 2.91. The number of hydrogen-bond donors (Lipinski definition) is 2. The number of benzene rings is 1. The second kappa shape index (κ2) is 6.62. The lowest BCUT2D eigenvalue weighted by molar-refractivity contribution is -0.00638. The predicted octanol–water partition coefficient (Wildman–Crippen LogP) is 2.19. The number of ether oxygens (including phenoxy) is 1. The van der Waals surface area contributed by atoms with Crippen molar-refractivity contribution >= 4 is 17.0 Å². The maximum atomic E-state index is 9.20. The van der Waals surface area contributed by atoms with Gasteiger partial charge in [-0.15, -0.1) is 0 Å². The number of aromatic nitrogens is 4. The standard InChI is InChI=1S/C18H19N5O2/c1-12-4-2-3-5-13(12)8-19-17-16-18(21-10-20-17)23(11-22-16)15-7-6-14(9-24)25-15/h2-7,10-11,14-15,24H,8-9H2,1H3,(H,19,20,21)/t14-,15+/m0/s1. The molecule has 25 heavy (non-hydrogen) atoms. The number of aryl methyl sites for hydroxylation is 1. The minimum Gasteiger partial charge on any atom is -0.393 e. The first-order valence-electron chi connectivity index (χ1n) is 8.17. The number of nitrogens with one attached hydrogen (secondary N) is 1. The van der Waals surface area contributed by atoms with Crippen molar-refractivity contribution in [1.82, 2.24) is 19.5 Å². The Morgan fingerprint density at radius 2 is 2.08 bits per heavy atom. The number of rotatable bonds is 5. The minimum atomic E-state index is -0.318. The number of fused-ring (bicyclic) bond motifs is 1.